The van der Waals surface area contributed by atoms with Crippen LogP contribution in [0.5, 0.6) is 0 Å². The molecule has 104 valence electrons. The summed E-state index contributed by atoms with van der Waals surface area (Å²) in [4.78, 5) is 2.40. The van der Waals surface area contributed by atoms with Crippen LogP contribution in [-0.2, 0) is 10.0 Å². The van der Waals surface area contributed by atoms with Crippen molar-refractivity contribution in [1.29, 1.82) is 0 Å². The number of nitrogens with zero attached hydrogens (tertiary/aromatic N) is 2. The number of rotatable bonds is 2. The van der Waals surface area contributed by atoms with E-state index in [0.29, 0.717) is 6.54 Å². The molecule has 0 spiro atoms. The Morgan fingerprint density at radius 2 is 1.95 bits per heavy atom. The fourth-order valence-electron chi connectivity index (χ4n) is 2.80. The smallest absolute Gasteiger partial charge is 0.244 e. The molecule has 4 nitrogen and oxygen atoms in total. The van der Waals surface area contributed by atoms with Crippen LogP contribution in [0.1, 0.15) is 6.42 Å². The molecule has 2 fully saturated rings. The highest BCUT2D eigenvalue weighted by molar-refractivity contribution is 7.89. The molecule has 0 radical (unpaired) electrons. The van der Waals surface area contributed by atoms with Gasteiger partial charge in [-0.2, -0.15) is 4.31 Å². The minimum atomic E-state index is -3.56. The van der Waals surface area contributed by atoms with Crippen molar-refractivity contribution >= 4 is 33.2 Å². The summed E-state index contributed by atoms with van der Waals surface area (Å²) in [6, 6.07) is 4.79. The Morgan fingerprint density at radius 3 is 2.74 bits per heavy atom. The fourth-order valence-corrected chi connectivity index (χ4v) is 5.17. The van der Waals surface area contributed by atoms with Gasteiger partial charge in [-0.1, -0.05) is 29.3 Å². The monoisotopic (exact) mass is 320 g/mol. The number of benzene rings is 1. The largest absolute Gasteiger partial charge is 0.300 e. The van der Waals surface area contributed by atoms with Crippen molar-refractivity contribution in [1.82, 2.24) is 9.21 Å². The van der Waals surface area contributed by atoms with Crippen molar-refractivity contribution in [3.05, 3.63) is 28.2 Å². The van der Waals surface area contributed by atoms with E-state index in [0.717, 1.165) is 26.1 Å². The summed E-state index contributed by atoms with van der Waals surface area (Å²) in [6.07, 6.45) is 0.886. The van der Waals surface area contributed by atoms with Crippen LogP contribution in [0.25, 0.3) is 0 Å². The summed E-state index contributed by atoms with van der Waals surface area (Å²) in [7, 11) is -3.56. The zero-order valence-electron chi connectivity index (χ0n) is 10.2. The molecule has 2 atom stereocenters. The molecular formula is C12H14Cl2N2O2S. The van der Waals surface area contributed by atoms with Crippen molar-refractivity contribution in [3.8, 4) is 0 Å². The maximum absolute atomic E-state index is 12.7. The Morgan fingerprint density at radius 1 is 1.16 bits per heavy atom. The van der Waals surface area contributed by atoms with Gasteiger partial charge in [0.15, 0.2) is 0 Å². The highest BCUT2D eigenvalue weighted by Gasteiger charge is 2.40. The van der Waals surface area contributed by atoms with Crippen molar-refractivity contribution in [2.75, 3.05) is 26.2 Å². The first-order chi connectivity index (χ1) is 9.00. The van der Waals surface area contributed by atoms with E-state index < -0.39 is 10.0 Å². The van der Waals surface area contributed by atoms with Gasteiger partial charge in [0.1, 0.15) is 4.90 Å². The molecule has 0 aliphatic carbocycles. The van der Waals surface area contributed by atoms with Gasteiger partial charge in [0.25, 0.3) is 0 Å². The Labute approximate surface area is 122 Å². The second-order valence-corrected chi connectivity index (χ2v) is 7.55. The van der Waals surface area contributed by atoms with Crippen LogP contribution < -0.4 is 0 Å². The zero-order chi connectivity index (χ0) is 13.6. The molecule has 2 bridgehead atoms. The van der Waals surface area contributed by atoms with Crippen molar-refractivity contribution in [3.63, 3.8) is 0 Å². The third kappa shape index (κ3) is 2.28. The van der Waals surface area contributed by atoms with Gasteiger partial charge in [0, 0.05) is 25.7 Å². The maximum Gasteiger partial charge on any atom is 0.244 e. The molecular weight excluding hydrogens is 307 g/mol. The first-order valence-corrected chi connectivity index (χ1v) is 8.38. The summed E-state index contributed by atoms with van der Waals surface area (Å²) in [5, 5.41) is 0.386. The van der Waals surface area contributed by atoms with E-state index in [9.17, 15) is 8.42 Å². The van der Waals surface area contributed by atoms with E-state index in [4.69, 9.17) is 23.2 Å². The summed E-state index contributed by atoms with van der Waals surface area (Å²) in [5.74, 6) is 0. The van der Waals surface area contributed by atoms with Gasteiger partial charge in [-0.25, -0.2) is 8.42 Å². The minimum Gasteiger partial charge on any atom is -0.300 e. The molecule has 1 aromatic carbocycles. The van der Waals surface area contributed by atoms with Gasteiger partial charge in [0.2, 0.25) is 10.0 Å². The van der Waals surface area contributed by atoms with Crippen LogP contribution >= 0.6 is 23.2 Å². The summed E-state index contributed by atoms with van der Waals surface area (Å²) in [6.45, 7) is 3.10. The Balaban J connectivity index is 2.00. The Bertz CT molecular complexity index is 606. The Hall–Kier alpha value is -0.330. The lowest BCUT2D eigenvalue weighted by molar-refractivity contribution is 0.213. The van der Waals surface area contributed by atoms with Gasteiger partial charge < -0.3 is 4.90 Å². The predicted molar refractivity (Wildman–Crippen MR) is 75.2 cm³/mol. The van der Waals surface area contributed by atoms with Crippen LogP contribution in [0.2, 0.25) is 10.0 Å². The molecule has 1 aromatic rings. The molecule has 2 heterocycles. The second kappa shape index (κ2) is 4.90. The molecule has 19 heavy (non-hydrogen) atoms. The SMILES string of the molecule is O=S(=O)(c1cccc(Cl)c1Cl)N1CCN2CCC1C2. The standard InChI is InChI=1S/C12H14Cl2N2O2S/c13-10-2-1-3-11(12(10)14)19(17,18)16-7-6-15-5-4-9(16)8-15/h1-3,9H,4-8H2. The van der Waals surface area contributed by atoms with Crippen LogP contribution in [0.3, 0.4) is 0 Å². The van der Waals surface area contributed by atoms with E-state index in [2.05, 4.69) is 4.90 Å². The lowest BCUT2D eigenvalue weighted by atomic mass is 10.2. The molecule has 2 aliphatic rings. The van der Waals surface area contributed by atoms with Crippen LogP contribution in [0.15, 0.2) is 23.1 Å². The molecule has 3 rings (SSSR count). The third-order valence-electron chi connectivity index (χ3n) is 3.79. The number of hydrogen-bond acceptors (Lipinski definition) is 3. The Kier molecular flexibility index (Phi) is 3.52. The van der Waals surface area contributed by atoms with Crippen molar-refractivity contribution in [2.45, 2.75) is 17.4 Å². The van der Waals surface area contributed by atoms with Crippen LogP contribution in [-0.4, -0.2) is 49.8 Å². The number of sulfonamides is 1. The molecule has 7 heteroatoms. The lowest BCUT2D eigenvalue weighted by Gasteiger charge is -2.33. The maximum atomic E-state index is 12.7. The van der Waals surface area contributed by atoms with Crippen LogP contribution in [0.4, 0.5) is 0 Å². The van der Waals surface area contributed by atoms with Gasteiger partial charge in [0.05, 0.1) is 10.0 Å². The summed E-state index contributed by atoms with van der Waals surface area (Å²) >= 11 is 12.0. The first-order valence-electron chi connectivity index (χ1n) is 6.18. The third-order valence-corrected chi connectivity index (χ3v) is 6.72. The number of halogens is 2. The van der Waals surface area contributed by atoms with E-state index >= 15 is 0 Å². The minimum absolute atomic E-state index is 0.0637. The summed E-state index contributed by atoms with van der Waals surface area (Å²) in [5.41, 5.74) is 0. The molecule has 2 saturated heterocycles. The normalized spacial score (nSPS) is 27.7. The van der Waals surface area contributed by atoms with Crippen molar-refractivity contribution < 1.29 is 8.42 Å². The number of hydrogen-bond donors (Lipinski definition) is 0. The predicted octanol–water partition coefficient (Wildman–Crippen LogP) is 2.07. The van der Waals surface area contributed by atoms with Gasteiger partial charge in [-0.3, -0.25) is 0 Å². The lowest BCUT2D eigenvalue weighted by Crippen LogP contribution is -2.49. The van der Waals surface area contributed by atoms with Gasteiger partial charge >= 0.3 is 0 Å². The average Bonchev–Trinajstić information content (AvgIpc) is 2.73. The average molecular weight is 321 g/mol. The molecule has 0 N–H and O–H groups in total. The summed E-state index contributed by atoms with van der Waals surface area (Å²) < 4.78 is 27.0. The van der Waals surface area contributed by atoms with E-state index in [1.165, 1.54) is 6.07 Å². The highest BCUT2D eigenvalue weighted by Crippen LogP contribution is 2.33. The zero-order valence-corrected chi connectivity index (χ0v) is 12.5. The van der Waals surface area contributed by atoms with Crippen molar-refractivity contribution in [2.24, 2.45) is 0 Å². The topological polar surface area (TPSA) is 40.6 Å². The molecule has 0 aromatic heterocycles. The van der Waals surface area contributed by atoms with E-state index in [-0.39, 0.29) is 21.0 Å². The quantitative estimate of drug-likeness (QED) is 0.837. The highest BCUT2D eigenvalue weighted by atomic mass is 35.5. The molecule has 0 amide bonds. The molecule has 2 aliphatic heterocycles. The number of fused-ring (bicyclic) bond motifs is 2. The van der Waals surface area contributed by atoms with E-state index in [1.807, 2.05) is 0 Å². The molecule has 0 saturated carbocycles. The fraction of sp³-hybridized carbons (Fsp3) is 0.500. The van der Waals surface area contributed by atoms with Gasteiger partial charge in [-0.05, 0) is 25.1 Å². The van der Waals surface area contributed by atoms with Gasteiger partial charge in [-0.15, -0.1) is 0 Å². The number of piperazine rings is 1. The molecule has 2 unspecified atom stereocenters. The first kappa shape index (κ1) is 13.6. The van der Waals surface area contributed by atoms with Crippen LogP contribution in [0, 0.1) is 0 Å². The second-order valence-electron chi connectivity index (χ2n) is 4.91. The van der Waals surface area contributed by atoms with E-state index in [1.54, 1.807) is 16.4 Å².